The lowest BCUT2D eigenvalue weighted by atomic mass is 9.91. The number of hydrogen-bond donors (Lipinski definition) is 3. The van der Waals surface area contributed by atoms with E-state index in [-0.39, 0.29) is 38.5 Å². The topological polar surface area (TPSA) is 141 Å². The molecular weight excluding hydrogens is 522 g/mol. The third-order valence-electron chi connectivity index (χ3n) is 6.15. The average Bonchev–Trinajstić information content (AvgIpc) is 3.37. The summed E-state index contributed by atoms with van der Waals surface area (Å²) in [7, 11) is 0. The second-order valence-corrected chi connectivity index (χ2v) is 9.09. The van der Waals surface area contributed by atoms with Gasteiger partial charge >= 0.3 is 0 Å². The van der Waals surface area contributed by atoms with Crippen LogP contribution in [0.25, 0.3) is 10.4 Å². The molecule has 3 aromatic rings. The minimum atomic E-state index is -1.40. The average molecular weight is 551 g/mol. The number of amides is 1. The van der Waals surface area contributed by atoms with Gasteiger partial charge in [0.25, 0.3) is 5.91 Å². The van der Waals surface area contributed by atoms with E-state index in [0.29, 0.717) is 41.2 Å². The van der Waals surface area contributed by atoms with E-state index in [0.717, 1.165) is 6.07 Å². The molecule has 0 saturated heterocycles. The number of ether oxygens (including phenoxy) is 2. The van der Waals surface area contributed by atoms with Gasteiger partial charge in [0.1, 0.15) is 24.0 Å². The Balaban J connectivity index is 1.52. The van der Waals surface area contributed by atoms with Gasteiger partial charge in [-0.05, 0) is 59.5 Å². The monoisotopic (exact) mass is 550 g/mol. The maximum Gasteiger partial charge on any atom is 0.266 e. The van der Waals surface area contributed by atoms with E-state index in [1.165, 1.54) is 12.1 Å². The number of halogens is 2. The van der Waals surface area contributed by atoms with Gasteiger partial charge in [-0.3, -0.25) is 10.2 Å². The Morgan fingerprint density at radius 3 is 2.62 bits per heavy atom. The molecule has 3 N–H and O–H groups in total. The molecule has 4 rings (SSSR count). The first-order valence-electron chi connectivity index (χ1n) is 12.6. The maximum atomic E-state index is 13.5. The third kappa shape index (κ3) is 7.32. The number of hydrogen-bond acceptors (Lipinski definition) is 7. The summed E-state index contributed by atoms with van der Waals surface area (Å²) < 4.78 is 38.4. The highest BCUT2D eigenvalue weighted by atomic mass is 19.1. The van der Waals surface area contributed by atoms with Gasteiger partial charge in [0.05, 0.1) is 6.61 Å². The van der Waals surface area contributed by atoms with Crippen LogP contribution in [0.2, 0.25) is 0 Å². The van der Waals surface area contributed by atoms with E-state index < -0.39 is 23.1 Å². The highest BCUT2D eigenvalue weighted by molar-refractivity contribution is 6.00. The molecule has 3 aromatic carbocycles. The number of aliphatic imine (C=N–C) groups is 1. The second kappa shape index (κ2) is 13.5. The molecule has 1 aliphatic rings. The lowest BCUT2D eigenvalue weighted by molar-refractivity contribution is -0.127. The first kappa shape index (κ1) is 28.5. The zero-order valence-electron chi connectivity index (χ0n) is 21.5. The molecule has 40 heavy (non-hydrogen) atoms. The molecule has 1 heterocycles. The predicted molar refractivity (Wildman–Crippen MR) is 144 cm³/mol. The zero-order valence-corrected chi connectivity index (χ0v) is 21.5. The van der Waals surface area contributed by atoms with Crippen LogP contribution in [0.3, 0.4) is 0 Å². The van der Waals surface area contributed by atoms with Gasteiger partial charge in [0, 0.05) is 48.2 Å². The van der Waals surface area contributed by atoms with E-state index in [1.54, 1.807) is 48.5 Å². The molecule has 1 amide bonds. The summed E-state index contributed by atoms with van der Waals surface area (Å²) in [5, 5.41) is 12.7. The quantitative estimate of drug-likeness (QED) is 0.0957. The van der Waals surface area contributed by atoms with Crippen LogP contribution >= 0.6 is 0 Å². The van der Waals surface area contributed by atoms with E-state index in [1.807, 2.05) is 0 Å². The van der Waals surface area contributed by atoms with Crippen molar-refractivity contribution >= 4 is 17.5 Å². The Labute approximate surface area is 229 Å². The molecule has 0 spiro atoms. The molecule has 0 unspecified atom stereocenters. The van der Waals surface area contributed by atoms with Crippen molar-refractivity contribution in [2.24, 2.45) is 10.1 Å². The van der Waals surface area contributed by atoms with E-state index in [9.17, 15) is 13.6 Å². The van der Waals surface area contributed by atoms with Crippen LogP contribution in [-0.2, 0) is 22.4 Å². The first-order chi connectivity index (χ1) is 19.4. The number of carbonyl (C=O) groups is 1. The van der Waals surface area contributed by atoms with Crippen molar-refractivity contribution in [3.05, 3.63) is 105 Å². The highest BCUT2D eigenvalue weighted by Gasteiger charge is 2.45. The zero-order chi connectivity index (χ0) is 28.4. The van der Waals surface area contributed by atoms with Crippen LogP contribution in [0.5, 0.6) is 5.75 Å². The van der Waals surface area contributed by atoms with Crippen molar-refractivity contribution in [1.82, 2.24) is 10.9 Å². The van der Waals surface area contributed by atoms with Crippen LogP contribution in [0, 0.1) is 11.6 Å². The van der Waals surface area contributed by atoms with Crippen LogP contribution in [0.15, 0.2) is 76.8 Å². The largest absolute Gasteiger partial charge is 0.494 e. The van der Waals surface area contributed by atoms with Crippen molar-refractivity contribution in [2.75, 3.05) is 26.4 Å². The van der Waals surface area contributed by atoms with Crippen molar-refractivity contribution < 1.29 is 28.2 Å². The molecule has 10 nitrogen and oxygen atoms in total. The third-order valence-corrected chi connectivity index (χ3v) is 6.15. The molecule has 0 aromatic heterocycles. The SMILES string of the molecule is [N-]=[N+]=Nc1ccccc1C[C@@]1(C(=O)NNCCc2cc(F)cc(F)c2)COC(c2ccc(OCCCO)cc2)=N1. The summed E-state index contributed by atoms with van der Waals surface area (Å²) in [6, 6.07) is 17.1. The van der Waals surface area contributed by atoms with Gasteiger partial charge in [0.2, 0.25) is 5.90 Å². The number of aliphatic hydroxyl groups excluding tert-OH is 1. The number of hydrazine groups is 1. The van der Waals surface area contributed by atoms with Crippen molar-refractivity contribution in [2.45, 2.75) is 24.8 Å². The molecule has 1 atom stereocenters. The number of carbonyl (C=O) groups excluding carboxylic acids is 1. The van der Waals surface area contributed by atoms with Crippen LogP contribution in [0.4, 0.5) is 14.5 Å². The molecule has 208 valence electrons. The Hall–Kier alpha value is -4.51. The first-order valence-corrected chi connectivity index (χ1v) is 12.6. The molecule has 0 radical (unpaired) electrons. The Morgan fingerprint density at radius 1 is 1.15 bits per heavy atom. The van der Waals surface area contributed by atoms with Crippen molar-refractivity contribution in [3.8, 4) is 5.75 Å². The lowest BCUT2D eigenvalue weighted by Gasteiger charge is -2.24. The van der Waals surface area contributed by atoms with Gasteiger partial charge in [-0.2, -0.15) is 0 Å². The molecule has 0 bridgehead atoms. The number of aliphatic hydroxyl groups is 1. The van der Waals surface area contributed by atoms with Gasteiger partial charge in [0.15, 0.2) is 5.54 Å². The minimum absolute atomic E-state index is 0.0356. The summed E-state index contributed by atoms with van der Waals surface area (Å²) >= 11 is 0. The van der Waals surface area contributed by atoms with Crippen molar-refractivity contribution in [3.63, 3.8) is 0 Å². The summed E-state index contributed by atoms with van der Waals surface area (Å²) in [5.41, 5.74) is 15.1. The Morgan fingerprint density at radius 2 is 1.90 bits per heavy atom. The van der Waals surface area contributed by atoms with Gasteiger partial charge in [-0.1, -0.05) is 29.4 Å². The fourth-order valence-corrected chi connectivity index (χ4v) is 4.17. The lowest BCUT2D eigenvalue weighted by Crippen LogP contribution is -2.53. The smallest absolute Gasteiger partial charge is 0.266 e. The normalized spacial score (nSPS) is 16.0. The van der Waals surface area contributed by atoms with Crippen LogP contribution in [-0.4, -0.2) is 48.8 Å². The van der Waals surface area contributed by atoms with E-state index in [2.05, 4.69) is 25.9 Å². The molecular formula is C28H28F2N6O4. The standard InChI is InChI=1S/C28H28F2N6O4/c29-22-14-19(15-23(30)16-22)10-11-32-35-27(38)28(17-21-4-1-2-5-25(21)34-36-31)18-40-26(33-28)20-6-8-24(9-7-20)39-13-3-12-37/h1-2,4-9,14-16,32,37H,3,10-13,17-18H2,(H,35,38)/t28-/m0/s1. The predicted octanol–water partition coefficient (Wildman–Crippen LogP) is 4.29. The summed E-state index contributed by atoms with van der Waals surface area (Å²) in [6.45, 7) is 0.537. The minimum Gasteiger partial charge on any atom is -0.494 e. The Kier molecular flexibility index (Phi) is 9.63. The van der Waals surface area contributed by atoms with Gasteiger partial charge in [-0.25, -0.2) is 19.2 Å². The van der Waals surface area contributed by atoms with Gasteiger partial charge in [-0.15, -0.1) is 0 Å². The summed E-state index contributed by atoms with van der Waals surface area (Å²) in [4.78, 5) is 21.1. The number of nitrogens with one attached hydrogen (secondary N) is 2. The highest BCUT2D eigenvalue weighted by Crippen LogP contribution is 2.31. The van der Waals surface area contributed by atoms with Crippen LogP contribution in [0.1, 0.15) is 23.1 Å². The number of rotatable bonds is 13. The number of azide groups is 1. The summed E-state index contributed by atoms with van der Waals surface area (Å²) in [5.74, 6) is -0.968. The van der Waals surface area contributed by atoms with E-state index in [4.69, 9.17) is 20.1 Å². The van der Waals surface area contributed by atoms with Crippen LogP contribution < -0.4 is 15.6 Å². The second-order valence-electron chi connectivity index (χ2n) is 9.09. The van der Waals surface area contributed by atoms with Gasteiger partial charge < -0.3 is 14.6 Å². The molecule has 0 aliphatic carbocycles. The summed E-state index contributed by atoms with van der Waals surface area (Å²) in [6.07, 6.45) is 0.857. The van der Waals surface area contributed by atoms with E-state index >= 15 is 0 Å². The maximum absolute atomic E-state index is 13.5. The molecule has 0 fully saturated rings. The fourth-order valence-electron chi connectivity index (χ4n) is 4.17. The number of benzene rings is 3. The fraction of sp³-hybridized carbons (Fsp3) is 0.286. The van der Waals surface area contributed by atoms with Crippen molar-refractivity contribution in [1.29, 1.82) is 0 Å². The molecule has 0 saturated carbocycles. The Bertz CT molecular complexity index is 1390. The molecule has 12 heteroatoms. The molecule has 1 aliphatic heterocycles. The number of nitrogens with zero attached hydrogens (tertiary/aromatic N) is 4.